The largest absolute Gasteiger partial charge is 0.229 e. The Morgan fingerprint density at radius 2 is 0.788 bits per heavy atom. The van der Waals surface area contributed by atoms with E-state index in [1.165, 1.54) is 77.0 Å². The molecule has 1 atom stereocenters. The maximum atomic E-state index is 12.5. The smallest absolute Gasteiger partial charge is 0.154 e. The maximum absolute atomic E-state index is 12.5. The third kappa shape index (κ3) is 20.9. The van der Waals surface area contributed by atoms with Crippen LogP contribution >= 0.6 is 0 Å². The van der Waals surface area contributed by atoms with Gasteiger partial charge in [0.15, 0.2) is 19.7 Å². The summed E-state index contributed by atoms with van der Waals surface area (Å²) in [4.78, 5) is 0. The lowest BCUT2D eigenvalue weighted by atomic mass is 10.1. The third-order valence-electron chi connectivity index (χ3n) is 6.54. The topological polar surface area (TPSA) is 68.3 Å². The van der Waals surface area contributed by atoms with Gasteiger partial charge in [-0.3, -0.25) is 0 Å². The van der Waals surface area contributed by atoms with Crippen molar-refractivity contribution in [2.75, 3.05) is 17.3 Å². The number of unbranched alkanes of at least 4 members (excludes halogenated alkanes) is 18. The average molecular weight is 508 g/mol. The summed E-state index contributed by atoms with van der Waals surface area (Å²) < 4.78 is 49.6. The first-order chi connectivity index (χ1) is 15.7. The van der Waals surface area contributed by atoms with Crippen LogP contribution in [0.2, 0.25) is 0 Å². The summed E-state index contributed by atoms with van der Waals surface area (Å²) in [6.45, 7) is 8.13. The van der Waals surface area contributed by atoms with Crippen LogP contribution in [-0.2, 0) is 19.7 Å². The third-order valence-corrected chi connectivity index (χ3v) is 10.6. The summed E-state index contributed by atoms with van der Waals surface area (Å²) in [7, 11) is -6.81. The van der Waals surface area contributed by atoms with Gasteiger partial charge in [-0.2, -0.15) is 0 Å². The number of rotatable bonds is 25. The fourth-order valence-electron chi connectivity index (χ4n) is 4.24. The van der Waals surface area contributed by atoms with Crippen molar-refractivity contribution in [1.29, 1.82) is 0 Å². The van der Waals surface area contributed by atoms with Gasteiger partial charge in [0, 0.05) is 0 Å². The summed E-state index contributed by atoms with van der Waals surface area (Å²) in [5, 5.41) is -1.04. The summed E-state index contributed by atoms with van der Waals surface area (Å²) in [5.74, 6) is -0.181. The summed E-state index contributed by atoms with van der Waals surface area (Å²) in [6.07, 6.45) is 22.9. The van der Waals surface area contributed by atoms with Gasteiger partial charge in [-0.1, -0.05) is 129 Å². The Morgan fingerprint density at radius 1 is 0.485 bits per heavy atom. The highest BCUT2D eigenvalue weighted by Crippen LogP contribution is 2.15. The van der Waals surface area contributed by atoms with E-state index in [9.17, 15) is 16.8 Å². The van der Waals surface area contributed by atoms with Crippen LogP contribution in [0.1, 0.15) is 142 Å². The fraction of sp³-hybridized carbons (Fsp3) is 0.963. The second-order valence-corrected chi connectivity index (χ2v) is 14.6. The number of hydrogen-bond donors (Lipinski definition) is 0. The lowest BCUT2D eigenvalue weighted by Gasteiger charge is -2.13. The quantitative estimate of drug-likeness (QED) is 0.118. The first-order valence-electron chi connectivity index (χ1n) is 14.0. The molecule has 0 spiro atoms. The molecule has 0 saturated heterocycles. The van der Waals surface area contributed by atoms with Crippen LogP contribution < -0.4 is 0 Å². The number of sulfone groups is 2. The number of hydrogen-bond acceptors (Lipinski definition) is 4. The van der Waals surface area contributed by atoms with Gasteiger partial charge in [0.2, 0.25) is 0 Å². The molecule has 0 bridgehead atoms. The highest BCUT2D eigenvalue weighted by atomic mass is 32.2. The highest BCUT2D eigenvalue weighted by molar-refractivity contribution is 7.95. The standard InChI is InChI=1S/C27H55O4S2/c1-4-6-8-10-12-14-16-18-20-22-24-32(28,29)26-27(3)33(30,31)25-23-21-19-17-15-13-11-9-7-5-2/h27H,3-26H2,1-2H3. The molecule has 0 aromatic carbocycles. The van der Waals surface area contributed by atoms with Crippen molar-refractivity contribution >= 4 is 19.7 Å². The Morgan fingerprint density at radius 3 is 1.15 bits per heavy atom. The molecule has 0 aliphatic heterocycles. The van der Waals surface area contributed by atoms with Gasteiger partial charge >= 0.3 is 0 Å². The van der Waals surface area contributed by atoms with Gasteiger partial charge in [-0.15, -0.1) is 0 Å². The molecule has 0 amide bonds. The average Bonchev–Trinajstić information content (AvgIpc) is 2.76. The molecule has 199 valence electrons. The van der Waals surface area contributed by atoms with Crippen molar-refractivity contribution in [2.45, 2.75) is 148 Å². The summed E-state index contributed by atoms with van der Waals surface area (Å²) in [5.41, 5.74) is 0. The van der Waals surface area contributed by atoms with Gasteiger partial charge in [-0.25, -0.2) is 16.8 Å². The molecule has 0 aliphatic rings. The predicted octanol–water partition coefficient (Wildman–Crippen LogP) is 7.86. The molecular formula is C27H55O4S2. The van der Waals surface area contributed by atoms with Crippen molar-refractivity contribution in [3.05, 3.63) is 6.92 Å². The van der Waals surface area contributed by atoms with Crippen LogP contribution in [0.25, 0.3) is 0 Å². The predicted molar refractivity (Wildman–Crippen MR) is 145 cm³/mol. The molecule has 0 saturated carbocycles. The first kappa shape index (κ1) is 32.9. The second kappa shape index (κ2) is 21.2. The van der Waals surface area contributed by atoms with Crippen LogP contribution in [-0.4, -0.2) is 39.3 Å². The van der Waals surface area contributed by atoms with Gasteiger partial charge in [0.25, 0.3) is 0 Å². The SMILES string of the molecule is [CH2]C(CS(=O)(=O)CCCCCCCCCCCC)S(=O)(=O)CCCCCCCCCCCC. The molecule has 0 fully saturated rings. The zero-order valence-corrected chi connectivity index (χ0v) is 23.6. The Labute approximate surface area is 207 Å². The molecule has 1 radical (unpaired) electrons. The van der Waals surface area contributed by atoms with Gasteiger partial charge in [-0.05, 0) is 19.8 Å². The van der Waals surface area contributed by atoms with Gasteiger partial charge < -0.3 is 0 Å². The van der Waals surface area contributed by atoms with Crippen molar-refractivity contribution < 1.29 is 16.8 Å². The van der Waals surface area contributed by atoms with E-state index in [4.69, 9.17) is 0 Å². The molecule has 0 N–H and O–H groups in total. The molecule has 0 aliphatic carbocycles. The Kier molecular flexibility index (Phi) is 21.1. The normalized spacial score (nSPS) is 13.4. The van der Waals surface area contributed by atoms with E-state index in [1.54, 1.807) is 0 Å². The van der Waals surface area contributed by atoms with Gasteiger partial charge in [0.1, 0.15) is 0 Å². The van der Waals surface area contributed by atoms with Crippen LogP contribution in [0.15, 0.2) is 0 Å². The summed E-state index contributed by atoms with van der Waals surface area (Å²) in [6, 6.07) is 0. The lowest BCUT2D eigenvalue weighted by molar-refractivity contribution is 0.554. The van der Waals surface area contributed by atoms with Crippen molar-refractivity contribution in [3.8, 4) is 0 Å². The lowest BCUT2D eigenvalue weighted by Crippen LogP contribution is -2.30. The molecular weight excluding hydrogens is 452 g/mol. The van der Waals surface area contributed by atoms with Crippen LogP contribution in [0.4, 0.5) is 0 Å². The van der Waals surface area contributed by atoms with Crippen LogP contribution in [0, 0.1) is 6.92 Å². The molecule has 0 rings (SSSR count). The van der Waals surface area contributed by atoms with E-state index < -0.39 is 24.9 Å². The minimum absolute atomic E-state index is 0.0610. The molecule has 1 unspecified atom stereocenters. The summed E-state index contributed by atoms with van der Waals surface area (Å²) >= 11 is 0. The van der Waals surface area contributed by atoms with E-state index in [2.05, 4.69) is 20.8 Å². The van der Waals surface area contributed by atoms with E-state index in [0.717, 1.165) is 38.5 Å². The Balaban J connectivity index is 3.86. The van der Waals surface area contributed by atoms with Gasteiger partial charge in [0.05, 0.1) is 22.5 Å². The minimum atomic E-state index is -3.44. The molecule has 33 heavy (non-hydrogen) atoms. The zero-order chi connectivity index (χ0) is 24.8. The Bertz CT molecular complexity index is 627. The van der Waals surface area contributed by atoms with Crippen LogP contribution in [0.5, 0.6) is 0 Å². The molecule has 0 aromatic rings. The van der Waals surface area contributed by atoms with E-state index in [1.807, 2.05) is 0 Å². The fourth-order valence-corrected chi connectivity index (χ4v) is 8.01. The van der Waals surface area contributed by atoms with Crippen LogP contribution in [0.3, 0.4) is 0 Å². The van der Waals surface area contributed by atoms with Crippen molar-refractivity contribution in [1.82, 2.24) is 0 Å². The van der Waals surface area contributed by atoms with E-state index in [-0.39, 0.29) is 17.3 Å². The van der Waals surface area contributed by atoms with Crippen molar-refractivity contribution in [3.63, 3.8) is 0 Å². The zero-order valence-electron chi connectivity index (χ0n) is 22.0. The Hall–Kier alpha value is -0.100. The van der Waals surface area contributed by atoms with E-state index in [0.29, 0.717) is 12.8 Å². The molecule has 0 heterocycles. The highest BCUT2D eigenvalue weighted by Gasteiger charge is 2.26. The first-order valence-corrected chi connectivity index (χ1v) is 17.5. The van der Waals surface area contributed by atoms with Crippen molar-refractivity contribution in [2.24, 2.45) is 0 Å². The van der Waals surface area contributed by atoms with E-state index >= 15 is 0 Å². The molecule has 4 nitrogen and oxygen atoms in total. The monoisotopic (exact) mass is 507 g/mol. The molecule has 0 aromatic heterocycles. The molecule has 6 heteroatoms. The maximum Gasteiger partial charge on any atom is 0.154 e. The minimum Gasteiger partial charge on any atom is -0.229 e. The second-order valence-electron chi connectivity index (χ2n) is 9.97.